The zero-order chi connectivity index (χ0) is 8.01. The fraction of sp³-hybridized carbons (Fsp3) is 0.500. The molecule has 1 aliphatic rings. The second kappa shape index (κ2) is 2.35. The monoisotopic (exact) mass is 215 g/mol. The highest BCUT2D eigenvalue weighted by Gasteiger charge is 2.38. The molecular formula is C8H10BrNO. The smallest absolute Gasteiger partial charge is 0.169 e. The fourth-order valence-electron chi connectivity index (χ4n) is 1.34. The molecule has 2 N–H and O–H groups in total. The van der Waals surface area contributed by atoms with Crippen LogP contribution in [0.5, 0.6) is 0 Å². The van der Waals surface area contributed by atoms with E-state index in [-0.39, 0.29) is 0 Å². The highest BCUT2D eigenvalue weighted by atomic mass is 79.9. The third-order valence-corrected chi connectivity index (χ3v) is 2.49. The minimum absolute atomic E-state index is 0.326. The highest BCUT2D eigenvalue weighted by molar-refractivity contribution is 9.10. The summed E-state index contributed by atoms with van der Waals surface area (Å²) in [6, 6.07) is 2.31. The van der Waals surface area contributed by atoms with Crippen molar-refractivity contribution in [2.75, 3.05) is 0 Å². The number of nitrogens with two attached hydrogens (primary N) is 1. The Morgan fingerprint density at radius 1 is 1.73 bits per heavy atom. The van der Waals surface area contributed by atoms with Crippen LogP contribution in [-0.4, -0.2) is 6.04 Å². The molecule has 0 spiro atoms. The van der Waals surface area contributed by atoms with Crippen LogP contribution < -0.4 is 5.73 Å². The molecule has 0 aromatic carbocycles. The zero-order valence-electron chi connectivity index (χ0n) is 6.30. The van der Waals surface area contributed by atoms with Crippen molar-refractivity contribution >= 4 is 15.9 Å². The van der Waals surface area contributed by atoms with Crippen molar-refractivity contribution in [3.05, 3.63) is 22.1 Å². The van der Waals surface area contributed by atoms with Crippen molar-refractivity contribution in [2.45, 2.75) is 25.3 Å². The Labute approximate surface area is 73.9 Å². The fourth-order valence-corrected chi connectivity index (χ4v) is 1.86. The number of aryl methyl sites for hydroxylation is 1. The van der Waals surface area contributed by atoms with E-state index in [0.717, 1.165) is 16.9 Å². The number of hydrogen-bond donors (Lipinski definition) is 1. The quantitative estimate of drug-likeness (QED) is 0.781. The van der Waals surface area contributed by atoms with Gasteiger partial charge in [0.1, 0.15) is 5.76 Å². The summed E-state index contributed by atoms with van der Waals surface area (Å²) < 4.78 is 6.25. The van der Waals surface area contributed by atoms with Crippen molar-refractivity contribution in [2.24, 2.45) is 5.73 Å². The summed E-state index contributed by atoms with van der Waals surface area (Å²) in [6.07, 6.45) is 1.07. The van der Waals surface area contributed by atoms with Gasteiger partial charge in [-0.15, -0.1) is 0 Å². The summed E-state index contributed by atoms with van der Waals surface area (Å²) >= 11 is 3.29. The van der Waals surface area contributed by atoms with E-state index in [1.165, 1.54) is 5.56 Å². The summed E-state index contributed by atoms with van der Waals surface area (Å²) in [5.74, 6) is 1.53. The van der Waals surface area contributed by atoms with Gasteiger partial charge in [0, 0.05) is 12.0 Å². The van der Waals surface area contributed by atoms with Crippen LogP contribution in [0.2, 0.25) is 0 Å². The topological polar surface area (TPSA) is 39.2 Å². The van der Waals surface area contributed by atoms with E-state index < -0.39 is 0 Å². The Hall–Kier alpha value is -0.280. The maximum Gasteiger partial charge on any atom is 0.169 e. The lowest BCUT2D eigenvalue weighted by Gasteiger charge is -1.92. The second-order valence-corrected chi connectivity index (χ2v) is 3.89. The van der Waals surface area contributed by atoms with Crippen molar-refractivity contribution in [1.29, 1.82) is 0 Å². The van der Waals surface area contributed by atoms with Gasteiger partial charge in [-0.3, -0.25) is 0 Å². The molecule has 0 amide bonds. The molecule has 60 valence electrons. The van der Waals surface area contributed by atoms with Gasteiger partial charge in [0.25, 0.3) is 0 Å². The molecule has 0 bridgehead atoms. The van der Waals surface area contributed by atoms with Gasteiger partial charge in [0.05, 0.1) is 0 Å². The van der Waals surface area contributed by atoms with Crippen LogP contribution in [0.1, 0.15) is 23.7 Å². The van der Waals surface area contributed by atoms with Gasteiger partial charge in [-0.1, -0.05) is 0 Å². The van der Waals surface area contributed by atoms with Crippen LogP contribution in [-0.2, 0) is 0 Å². The summed E-state index contributed by atoms with van der Waals surface area (Å²) in [5, 5.41) is 0. The van der Waals surface area contributed by atoms with Crippen molar-refractivity contribution < 1.29 is 4.42 Å². The molecular weight excluding hydrogens is 206 g/mol. The molecule has 1 fully saturated rings. The summed E-state index contributed by atoms with van der Waals surface area (Å²) in [4.78, 5) is 0. The van der Waals surface area contributed by atoms with Gasteiger partial charge in [-0.05, 0) is 40.9 Å². The minimum Gasteiger partial charge on any atom is -0.454 e. The third-order valence-electron chi connectivity index (χ3n) is 2.10. The van der Waals surface area contributed by atoms with E-state index in [9.17, 15) is 0 Å². The maximum absolute atomic E-state index is 5.70. The lowest BCUT2D eigenvalue weighted by molar-refractivity contribution is 0.485. The minimum atomic E-state index is 0.326. The van der Waals surface area contributed by atoms with Gasteiger partial charge in [-0.2, -0.15) is 0 Å². The molecule has 2 unspecified atom stereocenters. The summed E-state index contributed by atoms with van der Waals surface area (Å²) in [5.41, 5.74) is 6.90. The molecule has 1 aromatic heterocycles. The van der Waals surface area contributed by atoms with Gasteiger partial charge in [-0.25, -0.2) is 0 Å². The molecule has 1 aliphatic carbocycles. The number of hydrogen-bond acceptors (Lipinski definition) is 2. The largest absolute Gasteiger partial charge is 0.454 e. The van der Waals surface area contributed by atoms with Crippen molar-refractivity contribution in [1.82, 2.24) is 0 Å². The molecule has 3 heteroatoms. The normalized spacial score (nSPS) is 29.0. The first-order chi connectivity index (χ1) is 5.18. The molecule has 1 saturated carbocycles. The molecule has 2 atom stereocenters. The van der Waals surface area contributed by atoms with Crippen LogP contribution in [0.4, 0.5) is 0 Å². The lowest BCUT2D eigenvalue weighted by Crippen LogP contribution is -2.00. The van der Waals surface area contributed by atoms with Crippen molar-refractivity contribution in [3.8, 4) is 0 Å². The van der Waals surface area contributed by atoms with E-state index >= 15 is 0 Å². The molecule has 1 aromatic rings. The Bertz CT molecular complexity index is 282. The van der Waals surface area contributed by atoms with E-state index in [4.69, 9.17) is 10.2 Å². The summed E-state index contributed by atoms with van der Waals surface area (Å²) in [6.45, 7) is 2.05. The van der Waals surface area contributed by atoms with Crippen molar-refractivity contribution in [3.63, 3.8) is 0 Å². The van der Waals surface area contributed by atoms with Gasteiger partial charge < -0.3 is 10.2 Å². The van der Waals surface area contributed by atoms with E-state index in [2.05, 4.69) is 22.9 Å². The average Bonchev–Trinajstić information content (AvgIpc) is 2.52. The first kappa shape index (κ1) is 7.37. The third kappa shape index (κ3) is 1.23. The molecule has 2 nitrogen and oxygen atoms in total. The van der Waals surface area contributed by atoms with E-state index in [0.29, 0.717) is 12.0 Å². The molecule has 0 radical (unpaired) electrons. The Morgan fingerprint density at radius 2 is 2.36 bits per heavy atom. The average molecular weight is 216 g/mol. The molecule has 2 rings (SSSR count). The van der Waals surface area contributed by atoms with Crippen LogP contribution >= 0.6 is 15.9 Å². The molecule has 11 heavy (non-hydrogen) atoms. The first-order valence-electron chi connectivity index (χ1n) is 3.70. The van der Waals surface area contributed by atoms with Gasteiger partial charge in [0.15, 0.2) is 4.67 Å². The molecule has 0 saturated heterocycles. The van der Waals surface area contributed by atoms with Gasteiger partial charge in [0.2, 0.25) is 0 Å². The Morgan fingerprint density at radius 3 is 2.73 bits per heavy atom. The molecule has 1 heterocycles. The van der Waals surface area contributed by atoms with E-state index in [1.807, 2.05) is 6.07 Å². The predicted octanol–water partition coefficient (Wildman–Crippen LogP) is 2.17. The van der Waals surface area contributed by atoms with Crippen LogP contribution in [0.25, 0.3) is 0 Å². The van der Waals surface area contributed by atoms with Crippen LogP contribution in [0, 0.1) is 6.92 Å². The first-order valence-corrected chi connectivity index (χ1v) is 4.49. The number of rotatable bonds is 1. The lowest BCUT2D eigenvalue weighted by atomic mass is 10.2. The summed E-state index contributed by atoms with van der Waals surface area (Å²) in [7, 11) is 0. The van der Waals surface area contributed by atoms with Gasteiger partial charge >= 0.3 is 0 Å². The van der Waals surface area contributed by atoms with E-state index in [1.54, 1.807) is 0 Å². The Balaban J connectivity index is 2.30. The molecule has 0 aliphatic heterocycles. The second-order valence-electron chi connectivity index (χ2n) is 3.10. The standard InChI is InChI=1S/C8H10BrNO/c1-4-2-7(9)11-8(4)5-3-6(5)10/h2,5-6H,3,10H2,1H3. The number of furan rings is 1. The highest BCUT2D eigenvalue weighted by Crippen LogP contribution is 2.42. The zero-order valence-corrected chi connectivity index (χ0v) is 7.89. The maximum atomic E-state index is 5.70. The SMILES string of the molecule is Cc1cc(Br)oc1C1CC1N. The van der Waals surface area contributed by atoms with Crippen LogP contribution in [0.3, 0.4) is 0 Å². The predicted molar refractivity (Wildman–Crippen MR) is 46.5 cm³/mol. The Kier molecular flexibility index (Phi) is 1.58. The van der Waals surface area contributed by atoms with Crippen LogP contribution in [0.15, 0.2) is 15.2 Å². The number of halogens is 1.